The number of hydrogen-bond acceptors (Lipinski definition) is 6. The number of nitrogens with zero attached hydrogens (tertiary/aromatic N) is 4. The largest absolute Gasteiger partial charge is 0.334 e. The van der Waals surface area contributed by atoms with Gasteiger partial charge in [0.1, 0.15) is 0 Å². The minimum atomic E-state index is -0.211. The lowest BCUT2D eigenvalue weighted by Gasteiger charge is -2.27. The first kappa shape index (κ1) is 14.2. The van der Waals surface area contributed by atoms with Crippen LogP contribution in [0.25, 0.3) is 11.5 Å². The fraction of sp³-hybridized carbons (Fsp3) is 0.533. The molecule has 112 valence electrons. The van der Waals surface area contributed by atoms with Crippen LogP contribution in [-0.2, 0) is 0 Å². The summed E-state index contributed by atoms with van der Waals surface area (Å²) in [7, 11) is 0. The van der Waals surface area contributed by atoms with Gasteiger partial charge in [-0.05, 0) is 45.0 Å². The van der Waals surface area contributed by atoms with Crippen molar-refractivity contribution in [3.05, 3.63) is 29.8 Å². The van der Waals surface area contributed by atoms with Crippen molar-refractivity contribution in [3.63, 3.8) is 0 Å². The maximum absolute atomic E-state index is 6.21. The molecule has 1 saturated heterocycles. The van der Waals surface area contributed by atoms with Gasteiger partial charge in [-0.1, -0.05) is 11.6 Å². The molecule has 1 aliphatic heterocycles. The first-order valence-electron chi connectivity index (χ1n) is 7.47. The second-order valence-corrected chi connectivity index (χ2v) is 5.56. The van der Waals surface area contributed by atoms with Gasteiger partial charge in [0.05, 0.1) is 11.6 Å². The summed E-state index contributed by atoms with van der Waals surface area (Å²) in [4.78, 5) is 11.0. The van der Waals surface area contributed by atoms with Crippen LogP contribution in [0.4, 0.5) is 0 Å². The summed E-state index contributed by atoms with van der Waals surface area (Å²) in [6, 6.07) is 3.58. The minimum absolute atomic E-state index is 0.211. The van der Waals surface area contributed by atoms with Crippen LogP contribution in [0.1, 0.15) is 36.8 Å². The summed E-state index contributed by atoms with van der Waals surface area (Å²) in [6.45, 7) is 4.93. The SMILES string of the molecule is Cc1ncccc1-c1nc(C(N)CN2CCCCC2)no1. The van der Waals surface area contributed by atoms with Gasteiger partial charge in [-0.25, -0.2) is 0 Å². The zero-order chi connectivity index (χ0) is 14.7. The molecule has 0 radical (unpaired) electrons. The Balaban J connectivity index is 1.71. The third-order valence-electron chi connectivity index (χ3n) is 3.91. The molecular formula is C15H21N5O. The van der Waals surface area contributed by atoms with Gasteiger partial charge >= 0.3 is 0 Å². The van der Waals surface area contributed by atoms with Crippen molar-refractivity contribution in [1.29, 1.82) is 0 Å². The third kappa shape index (κ3) is 3.28. The number of pyridine rings is 1. The summed E-state index contributed by atoms with van der Waals surface area (Å²) in [5.74, 6) is 1.06. The number of nitrogens with two attached hydrogens (primary N) is 1. The highest BCUT2D eigenvalue weighted by atomic mass is 16.5. The lowest BCUT2D eigenvalue weighted by Crippen LogP contribution is -2.36. The second kappa shape index (κ2) is 6.32. The van der Waals surface area contributed by atoms with Crippen molar-refractivity contribution in [2.45, 2.75) is 32.2 Å². The summed E-state index contributed by atoms with van der Waals surface area (Å²) in [5.41, 5.74) is 7.95. The van der Waals surface area contributed by atoms with Crippen molar-refractivity contribution in [1.82, 2.24) is 20.0 Å². The molecule has 21 heavy (non-hydrogen) atoms. The molecule has 6 heteroatoms. The normalized spacial score (nSPS) is 17.8. The maximum Gasteiger partial charge on any atom is 0.259 e. The molecule has 1 unspecified atom stereocenters. The van der Waals surface area contributed by atoms with Gasteiger partial charge in [-0.3, -0.25) is 4.98 Å². The van der Waals surface area contributed by atoms with Crippen LogP contribution in [-0.4, -0.2) is 39.7 Å². The molecule has 0 spiro atoms. The number of rotatable bonds is 4. The Morgan fingerprint density at radius 3 is 2.90 bits per heavy atom. The van der Waals surface area contributed by atoms with E-state index in [1.165, 1.54) is 19.3 Å². The van der Waals surface area contributed by atoms with Gasteiger partial charge < -0.3 is 15.2 Å². The average Bonchev–Trinajstić information content (AvgIpc) is 2.98. The Hall–Kier alpha value is -1.79. The van der Waals surface area contributed by atoms with Crippen molar-refractivity contribution in [2.24, 2.45) is 5.73 Å². The molecule has 1 atom stereocenters. The van der Waals surface area contributed by atoms with Crippen LogP contribution >= 0.6 is 0 Å². The minimum Gasteiger partial charge on any atom is -0.334 e. The number of aryl methyl sites for hydroxylation is 1. The molecule has 3 heterocycles. The van der Waals surface area contributed by atoms with Crippen LogP contribution in [0.3, 0.4) is 0 Å². The van der Waals surface area contributed by atoms with Gasteiger partial charge in [-0.15, -0.1) is 0 Å². The summed E-state index contributed by atoms with van der Waals surface area (Å²) < 4.78 is 5.34. The molecule has 2 N–H and O–H groups in total. The number of hydrogen-bond donors (Lipinski definition) is 1. The van der Waals surface area contributed by atoms with E-state index in [1.807, 2.05) is 19.1 Å². The first-order valence-corrected chi connectivity index (χ1v) is 7.47. The molecule has 1 aliphatic rings. The monoisotopic (exact) mass is 287 g/mol. The molecule has 0 bridgehead atoms. The van der Waals surface area contributed by atoms with E-state index < -0.39 is 0 Å². The molecule has 0 aliphatic carbocycles. The van der Waals surface area contributed by atoms with Crippen LogP contribution in [0, 0.1) is 6.92 Å². The topological polar surface area (TPSA) is 81.1 Å². The van der Waals surface area contributed by atoms with Crippen LogP contribution < -0.4 is 5.73 Å². The Kier molecular flexibility index (Phi) is 4.26. The molecule has 3 rings (SSSR count). The number of likely N-dealkylation sites (tertiary alicyclic amines) is 1. The van der Waals surface area contributed by atoms with E-state index in [4.69, 9.17) is 10.3 Å². The van der Waals surface area contributed by atoms with E-state index in [9.17, 15) is 0 Å². The van der Waals surface area contributed by atoms with Crippen LogP contribution in [0.2, 0.25) is 0 Å². The molecule has 2 aromatic heterocycles. The molecule has 2 aromatic rings. The number of piperidine rings is 1. The first-order chi connectivity index (χ1) is 10.2. The van der Waals surface area contributed by atoms with Crippen LogP contribution in [0.5, 0.6) is 0 Å². The highest BCUT2D eigenvalue weighted by Crippen LogP contribution is 2.21. The van der Waals surface area contributed by atoms with E-state index in [2.05, 4.69) is 20.0 Å². The predicted octanol–water partition coefficient (Wildman–Crippen LogP) is 1.93. The molecule has 0 saturated carbocycles. The predicted molar refractivity (Wildman–Crippen MR) is 79.5 cm³/mol. The van der Waals surface area contributed by atoms with Crippen molar-refractivity contribution in [2.75, 3.05) is 19.6 Å². The molecular weight excluding hydrogens is 266 g/mol. The summed E-state index contributed by atoms with van der Waals surface area (Å²) >= 11 is 0. The fourth-order valence-electron chi connectivity index (χ4n) is 2.71. The second-order valence-electron chi connectivity index (χ2n) is 5.56. The summed E-state index contributed by atoms with van der Waals surface area (Å²) in [6.07, 6.45) is 5.56. The van der Waals surface area contributed by atoms with E-state index in [0.29, 0.717) is 11.7 Å². The molecule has 6 nitrogen and oxygen atoms in total. The highest BCUT2D eigenvalue weighted by Gasteiger charge is 2.20. The smallest absolute Gasteiger partial charge is 0.259 e. The molecule has 0 aromatic carbocycles. The summed E-state index contributed by atoms with van der Waals surface area (Å²) in [5, 5.41) is 4.03. The van der Waals surface area contributed by atoms with Gasteiger partial charge in [0.15, 0.2) is 5.82 Å². The van der Waals surface area contributed by atoms with E-state index in [-0.39, 0.29) is 6.04 Å². The lowest BCUT2D eigenvalue weighted by molar-refractivity contribution is 0.213. The number of aromatic nitrogens is 3. The standard InChI is InChI=1S/C15H21N5O/c1-11-12(6-5-7-17-11)15-18-14(19-21-15)13(16)10-20-8-3-2-4-9-20/h5-7,13H,2-4,8-10,16H2,1H3. The van der Waals surface area contributed by atoms with Gasteiger partial charge in [0, 0.05) is 18.4 Å². The Labute approximate surface area is 124 Å². The average molecular weight is 287 g/mol. The quantitative estimate of drug-likeness (QED) is 0.925. The van der Waals surface area contributed by atoms with E-state index >= 15 is 0 Å². The third-order valence-corrected chi connectivity index (χ3v) is 3.91. The van der Waals surface area contributed by atoms with Crippen molar-refractivity contribution < 1.29 is 4.52 Å². The Bertz CT molecular complexity index is 591. The zero-order valence-electron chi connectivity index (χ0n) is 12.3. The molecule has 1 fully saturated rings. The zero-order valence-corrected chi connectivity index (χ0v) is 12.3. The van der Waals surface area contributed by atoms with Crippen LogP contribution in [0.15, 0.2) is 22.9 Å². The van der Waals surface area contributed by atoms with Gasteiger partial charge in [0.25, 0.3) is 5.89 Å². The lowest BCUT2D eigenvalue weighted by atomic mass is 10.1. The Morgan fingerprint density at radius 2 is 2.14 bits per heavy atom. The van der Waals surface area contributed by atoms with E-state index in [1.54, 1.807) is 6.20 Å². The fourth-order valence-corrected chi connectivity index (χ4v) is 2.71. The maximum atomic E-state index is 6.21. The van der Waals surface area contributed by atoms with Crippen molar-refractivity contribution in [3.8, 4) is 11.5 Å². The van der Waals surface area contributed by atoms with Crippen molar-refractivity contribution >= 4 is 0 Å². The molecule has 0 amide bonds. The Morgan fingerprint density at radius 1 is 1.33 bits per heavy atom. The highest BCUT2D eigenvalue weighted by molar-refractivity contribution is 5.55. The van der Waals surface area contributed by atoms with Gasteiger partial charge in [0.2, 0.25) is 0 Å². The van der Waals surface area contributed by atoms with Gasteiger partial charge in [-0.2, -0.15) is 4.98 Å². The van der Waals surface area contributed by atoms with E-state index in [0.717, 1.165) is 30.9 Å².